The predicted molar refractivity (Wildman–Crippen MR) is 64.5 cm³/mol. The maximum absolute atomic E-state index is 13.0. The summed E-state index contributed by atoms with van der Waals surface area (Å²) in [5.41, 5.74) is 5.82. The van der Waals surface area contributed by atoms with Gasteiger partial charge in [0.1, 0.15) is 5.82 Å². The zero-order valence-corrected chi connectivity index (χ0v) is 10.0. The zero-order valence-electron chi connectivity index (χ0n) is 9.26. The smallest absolute Gasteiger partial charge is 0.295 e. The van der Waals surface area contributed by atoms with Crippen LogP contribution in [0.2, 0.25) is 5.02 Å². The van der Waals surface area contributed by atoms with Crippen LogP contribution in [-0.2, 0) is 0 Å². The molecule has 3 aromatic rings. The molecule has 2 aromatic heterocycles. The van der Waals surface area contributed by atoms with Gasteiger partial charge in [0.2, 0.25) is 17.6 Å². The molecule has 0 radical (unpaired) electrons. The maximum atomic E-state index is 13.0. The van der Waals surface area contributed by atoms with Crippen molar-refractivity contribution < 1.29 is 8.91 Å². The molecule has 0 aliphatic carbocycles. The fraction of sp³-hybridized carbons (Fsp3) is 0. The monoisotopic (exact) mass is 280 g/mol. The van der Waals surface area contributed by atoms with Crippen molar-refractivity contribution in [2.75, 3.05) is 5.73 Å². The van der Waals surface area contributed by atoms with Crippen molar-refractivity contribution >= 4 is 17.5 Å². The van der Waals surface area contributed by atoms with E-state index in [0.717, 1.165) is 0 Å². The Balaban J connectivity index is 2.01. The molecule has 96 valence electrons. The lowest BCUT2D eigenvalue weighted by Gasteiger charge is -1.97. The molecule has 0 aliphatic rings. The summed E-state index contributed by atoms with van der Waals surface area (Å²) in [7, 11) is 0. The van der Waals surface area contributed by atoms with Gasteiger partial charge in [-0.2, -0.15) is 9.97 Å². The standard InChI is InChI=1S/C10H6ClFN6O/c11-6-3-4(12)1-2-5(6)7-14-9(19-18-7)8-15-10(13)17-16-8/h1-3H,(H3,13,15,16,17). The Morgan fingerprint density at radius 2 is 2.16 bits per heavy atom. The molecule has 3 N–H and O–H groups in total. The number of hydrogen-bond donors (Lipinski definition) is 2. The van der Waals surface area contributed by atoms with E-state index < -0.39 is 5.82 Å². The molecule has 2 heterocycles. The number of rotatable bonds is 2. The average molecular weight is 281 g/mol. The normalized spacial score (nSPS) is 10.8. The van der Waals surface area contributed by atoms with Crippen molar-refractivity contribution in [1.29, 1.82) is 0 Å². The van der Waals surface area contributed by atoms with E-state index in [-0.39, 0.29) is 28.5 Å². The van der Waals surface area contributed by atoms with E-state index in [1.54, 1.807) is 0 Å². The number of nitrogens with zero attached hydrogens (tertiary/aromatic N) is 4. The second-order valence-corrected chi connectivity index (χ2v) is 4.00. The van der Waals surface area contributed by atoms with Crippen LogP contribution in [0.25, 0.3) is 23.1 Å². The highest BCUT2D eigenvalue weighted by molar-refractivity contribution is 6.33. The predicted octanol–water partition coefficient (Wildman–Crippen LogP) is 1.90. The number of anilines is 1. The minimum absolute atomic E-state index is 0.0644. The second kappa shape index (κ2) is 4.32. The molecule has 0 spiro atoms. The quantitative estimate of drug-likeness (QED) is 0.742. The van der Waals surface area contributed by atoms with Crippen molar-refractivity contribution in [1.82, 2.24) is 25.3 Å². The molecule has 0 saturated heterocycles. The molecule has 0 atom stereocenters. The van der Waals surface area contributed by atoms with E-state index in [9.17, 15) is 4.39 Å². The van der Waals surface area contributed by atoms with E-state index in [1.165, 1.54) is 18.2 Å². The van der Waals surface area contributed by atoms with Crippen LogP contribution in [0.1, 0.15) is 0 Å². The molecule has 0 saturated carbocycles. The van der Waals surface area contributed by atoms with Crippen LogP contribution in [0.15, 0.2) is 22.7 Å². The summed E-state index contributed by atoms with van der Waals surface area (Å²) in [5.74, 6) is 0.194. The summed E-state index contributed by atoms with van der Waals surface area (Å²) >= 11 is 5.91. The van der Waals surface area contributed by atoms with Gasteiger partial charge in [-0.05, 0) is 18.2 Å². The van der Waals surface area contributed by atoms with Gasteiger partial charge < -0.3 is 10.3 Å². The lowest BCUT2D eigenvalue weighted by Crippen LogP contribution is -1.86. The summed E-state index contributed by atoms with van der Waals surface area (Å²) in [4.78, 5) is 7.93. The van der Waals surface area contributed by atoms with Crippen LogP contribution in [0, 0.1) is 5.82 Å². The van der Waals surface area contributed by atoms with Crippen LogP contribution in [0.5, 0.6) is 0 Å². The molecular formula is C10H6ClFN6O. The highest BCUT2D eigenvalue weighted by Gasteiger charge is 2.16. The van der Waals surface area contributed by atoms with Gasteiger partial charge in [-0.25, -0.2) is 4.39 Å². The Bertz CT molecular complexity index is 739. The number of aromatic amines is 1. The highest BCUT2D eigenvalue weighted by Crippen LogP contribution is 2.27. The average Bonchev–Trinajstić information content (AvgIpc) is 2.97. The number of nitrogens with one attached hydrogen (secondary N) is 1. The number of nitrogen functional groups attached to an aromatic ring is 1. The third kappa shape index (κ3) is 2.13. The van der Waals surface area contributed by atoms with Crippen molar-refractivity contribution in [2.45, 2.75) is 0 Å². The minimum atomic E-state index is -0.444. The topological polar surface area (TPSA) is 107 Å². The molecule has 0 amide bonds. The van der Waals surface area contributed by atoms with E-state index in [0.29, 0.717) is 5.56 Å². The second-order valence-electron chi connectivity index (χ2n) is 3.59. The highest BCUT2D eigenvalue weighted by atomic mass is 35.5. The third-order valence-corrected chi connectivity index (χ3v) is 2.62. The first-order valence-electron chi connectivity index (χ1n) is 5.11. The van der Waals surface area contributed by atoms with E-state index in [1.807, 2.05) is 0 Å². The van der Waals surface area contributed by atoms with Gasteiger partial charge in [0.05, 0.1) is 5.02 Å². The summed E-state index contributed by atoms with van der Waals surface area (Å²) < 4.78 is 18.0. The molecule has 0 unspecified atom stereocenters. The number of halogens is 2. The first kappa shape index (κ1) is 11.6. The van der Waals surface area contributed by atoms with Crippen molar-refractivity contribution in [3.8, 4) is 23.1 Å². The van der Waals surface area contributed by atoms with Crippen molar-refractivity contribution in [2.24, 2.45) is 0 Å². The molecular weight excluding hydrogens is 275 g/mol. The van der Waals surface area contributed by atoms with E-state index in [4.69, 9.17) is 21.9 Å². The Hall–Kier alpha value is -2.48. The number of hydrogen-bond acceptors (Lipinski definition) is 6. The Labute approximate surface area is 110 Å². The third-order valence-electron chi connectivity index (χ3n) is 2.30. The molecule has 3 rings (SSSR count). The van der Waals surface area contributed by atoms with Crippen molar-refractivity contribution in [3.05, 3.63) is 29.0 Å². The fourth-order valence-electron chi connectivity index (χ4n) is 1.47. The Kier molecular flexibility index (Phi) is 2.64. The lowest BCUT2D eigenvalue weighted by atomic mass is 10.2. The van der Waals surface area contributed by atoms with Crippen LogP contribution >= 0.6 is 11.6 Å². The molecule has 19 heavy (non-hydrogen) atoms. The first-order valence-corrected chi connectivity index (χ1v) is 5.48. The van der Waals surface area contributed by atoms with Gasteiger partial charge in [0.25, 0.3) is 5.89 Å². The lowest BCUT2D eigenvalue weighted by molar-refractivity contribution is 0.429. The van der Waals surface area contributed by atoms with Gasteiger partial charge in [0, 0.05) is 5.56 Å². The van der Waals surface area contributed by atoms with E-state index >= 15 is 0 Å². The van der Waals surface area contributed by atoms with Crippen LogP contribution in [0.4, 0.5) is 10.3 Å². The summed E-state index contributed by atoms with van der Waals surface area (Å²) in [6.07, 6.45) is 0. The van der Waals surface area contributed by atoms with Gasteiger partial charge in [0.15, 0.2) is 0 Å². The molecule has 0 fully saturated rings. The molecule has 1 aromatic carbocycles. The van der Waals surface area contributed by atoms with Crippen molar-refractivity contribution in [3.63, 3.8) is 0 Å². The van der Waals surface area contributed by atoms with Crippen LogP contribution < -0.4 is 5.73 Å². The number of nitrogens with two attached hydrogens (primary N) is 1. The van der Waals surface area contributed by atoms with Gasteiger partial charge in [-0.15, -0.1) is 5.10 Å². The number of aromatic nitrogens is 5. The summed E-state index contributed by atoms with van der Waals surface area (Å²) in [6.45, 7) is 0. The summed E-state index contributed by atoms with van der Waals surface area (Å²) in [5, 5.41) is 10.1. The summed E-state index contributed by atoms with van der Waals surface area (Å²) in [6, 6.07) is 3.88. The van der Waals surface area contributed by atoms with Gasteiger partial charge in [-0.1, -0.05) is 16.8 Å². The first-order chi connectivity index (χ1) is 9.13. The SMILES string of the molecule is Nc1n[nH]c(-c2nc(-c3ccc(F)cc3Cl)no2)n1. The minimum Gasteiger partial charge on any atom is -0.366 e. The van der Waals surface area contributed by atoms with E-state index in [2.05, 4.69) is 25.3 Å². The zero-order chi connectivity index (χ0) is 13.4. The molecule has 9 heteroatoms. The van der Waals surface area contributed by atoms with Crippen LogP contribution in [-0.4, -0.2) is 25.3 Å². The van der Waals surface area contributed by atoms with Gasteiger partial charge in [-0.3, -0.25) is 5.10 Å². The maximum Gasteiger partial charge on any atom is 0.295 e. The molecule has 0 aliphatic heterocycles. The number of H-pyrrole nitrogens is 1. The fourth-order valence-corrected chi connectivity index (χ4v) is 1.72. The molecule has 7 nitrogen and oxygen atoms in total. The Morgan fingerprint density at radius 3 is 2.84 bits per heavy atom. The molecule has 0 bridgehead atoms. The Morgan fingerprint density at radius 1 is 1.32 bits per heavy atom. The van der Waals surface area contributed by atoms with Crippen LogP contribution in [0.3, 0.4) is 0 Å². The van der Waals surface area contributed by atoms with Gasteiger partial charge >= 0.3 is 0 Å². The number of benzene rings is 1. The largest absolute Gasteiger partial charge is 0.366 e.